The summed E-state index contributed by atoms with van der Waals surface area (Å²) < 4.78 is 27.3. The zero-order valence-electron chi connectivity index (χ0n) is 14.4. The van der Waals surface area contributed by atoms with E-state index >= 15 is 0 Å². The van der Waals surface area contributed by atoms with Crippen molar-refractivity contribution >= 4 is 10.0 Å². The second-order valence-electron chi connectivity index (χ2n) is 6.55. The molecule has 0 heterocycles. The van der Waals surface area contributed by atoms with Crippen LogP contribution in [0.25, 0.3) is 0 Å². The van der Waals surface area contributed by atoms with Crippen molar-refractivity contribution in [2.24, 2.45) is 0 Å². The number of nitrogens with one attached hydrogen (secondary N) is 1. The van der Waals surface area contributed by atoms with Crippen molar-refractivity contribution in [3.05, 3.63) is 65.2 Å². The van der Waals surface area contributed by atoms with Crippen LogP contribution in [0.2, 0.25) is 0 Å². The van der Waals surface area contributed by atoms with Gasteiger partial charge in [-0.1, -0.05) is 36.4 Å². The van der Waals surface area contributed by atoms with Crippen LogP contribution in [0.4, 0.5) is 0 Å². The lowest BCUT2D eigenvalue weighted by Crippen LogP contribution is -2.40. The lowest BCUT2D eigenvalue weighted by Gasteiger charge is -2.23. The Morgan fingerprint density at radius 2 is 1.71 bits per heavy atom. The summed E-state index contributed by atoms with van der Waals surface area (Å²) in [6.07, 6.45) is 1.17. The fraction of sp³-hybridized carbons (Fsp3) is 0.368. The molecule has 0 aliphatic heterocycles. The van der Waals surface area contributed by atoms with Crippen molar-refractivity contribution in [3.8, 4) is 0 Å². The fourth-order valence-electron chi connectivity index (χ4n) is 2.36. The third-order valence-electron chi connectivity index (χ3n) is 4.23. The lowest BCUT2D eigenvalue weighted by molar-refractivity contribution is 0.0565. The molecule has 5 heteroatoms. The normalized spacial score (nSPS) is 14.3. The van der Waals surface area contributed by atoms with E-state index < -0.39 is 15.6 Å². The van der Waals surface area contributed by atoms with E-state index in [1.54, 1.807) is 25.1 Å². The van der Waals surface area contributed by atoms with E-state index in [1.807, 2.05) is 44.2 Å². The molecule has 0 saturated carbocycles. The summed E-state index contributed by atoms with van der Waals surface area (Å²) in [5, 5.41) is 10.5. The molecule has 0 spiro atoms. The highest BCUT2D eigenvalue weighted by Gasteiger charge is 2.24. The van der Waals surface area contributed by atoms with E-state index in [0.29, 0.717) is 12.8 Å². The van der Waals surface area contributed by atoms with Gasteiger partial charge in [0.2, 0.25) is 10.0 Å². The zero-order valence-corrected chi connectivity index (χ0v) is 15.2. The van der Waals surface area contributed by atoms with Gasteiger partial charge in [-0.3, -0.25) is 0 Å². The first-order chi connectivity index (χ1) is 11.2. The van der Waals surface area contributed by atoms with Crippen molar-refractivity contribution in [2.75, 3.05) is 6.54 Å². The topological polar surface area (TPSA) is 66.4 Å². The number of aliphatic hydroxyl groups is 1. The average Bonchev–Trinajstić information content (AvgIpc) is 2.55. The number of hydrogen-bond donors (Lipinski definition) is 2. The molecule has 0 radical (unpaired) electrons. The Morgan fingerprint density at radius 3 is 2.33 bits per heavy atom. The summed E-state index contributed by atoms with van der Waals surface area (Å²) >= 11 is 0. The Labute approximate surface area is 144 Å². The SMILES string of the molecule is Cc1ccc(S(=O)(=O)NCC(C)(O)CCc2ccccc2)cc1C. The van der Waals surface area contributed by atoms with Crippen LogP contribution in [-0.2, 0) is 16.4 Å². The maximum absolute atomic E-state index is 12.4. The first-order valence-electron chi connectivity index (χ1n) is 8.03. The van der Waals surface area contributed by atoms with E-state index in [9.17, 15) is 13.5 Å². The summed E-state index contributed by atoms with van der Waals surface area (Å²) in [4.78, 5) is 0.226. The van der Waals surface area contributed by atoms with Gasteiger partial charge in [-0.2, -0.15) is 0 Å². The largest absolute Gasteiger partial charge is 0.389 e. The molecular weight excluding hydrogens is 322 g/mol. The van der Waals surface area contributed by atoms with Gasteiger partial charge in [0.15, 0.2) is 0 Å². The van der Waals surface area contributed by atoms with Gasteiger partial charge in [0, 0.05) is 6.54 Å². The highest BCUT2D eigenvalue weighted by molar-refractivity contribution is 7.89. The maximum Gasteiger partial charge on any atom is 0.240 e. The Kier molecular flexibility index (Phi) is 5.80. The number of sulfonamides is 1. The fourth-order valence-corrected chi connectivity index (χ4v) is 3.61. The molecular formula is C19H25NO3S. The summed E-state index contributed by atoms with van der Waals surface area (Å²) in [5.74, 6) is 0. The van der Waals surface area contributed by atoms with Gasteiger partial charge in [-0.25, -0.2) is 13.1 Å². The van der Waals surface area contributed by atoms with Crippen LogP contribution in [-0.4, -0.2) is 25.7 Å². The molecule has 24 heavy (non-hydrogen) atoms. The summed E-state index contributed by atoms with van der Waals surface area (Å²) in [6, 6.07) is 14.9. The highest BCUT2D eigenvalue weighted by atomic mass is 32.2. The molecule has 1 unspecified atom stereocenters. The zero-order chi connectivity index (χ0) is 17.8. The smallest absolute Gasteiger partial charge is 0.240 e. The molecule has 0 amide bonds. The van der Waals surface area contributed by atoms with Gasteiger partial charge in [0.25, 0.3) is 0 Å². The molecule has 0 fully saturated rings. The van der Waals surface area contributed by atoms with E-state index in [0.717, 1.165) is 16.7 Å². The van der Waals surface area contributed by atoms with E-state index in [1.165, 1.54) is 0 Å². The van der Waals surface area contributed by atoms with E-state index in [2.05, 4.69) is 4.72 Å². The predicted molar refractivity (Wildman–Crippen MR) is 96.5 cm³/mol. The molecule has 130 valence electrons. The quantitative estimate of drug-likeness (QED) is 0.809. The van der Waals surface area contributed by atoms with Crippen molar-refractivity contribution < 1.29 is 13.5 Å². The molecule has 1 atom stereocenters. The van der Waals surface area contributed by atoms with Crippen LogP contribution in [0, 0.1) is 13.8 Å². The first kappa shape index (κ1) is 18.6. The van der Waals surface area contributed by atoms with Crippen LogP contribution in [0.1, 0.15) is 30.0 Å². The van der Waals surface area contributed by atoms with E-state index in [-0.39, 0.29) is 11.4 Å². The third-order valence-corrected chi connectivity index (χ3v) is 5.63. The molecule has 0 bridgehead atoms. The first-order valence-corrected chi connectivity index (χ1v) is 9.51. The number of rotatable bonds is 7. The van der Waals surface area contributed by atoms with Gasteiger partial charge >= 0.3 is 0 Å². The highest BCUT2D eigenvalue weighted by Crippen LogP contribution is 2.17. The van der Waals surface area contributed by atoms with Crippen molar-refractivity contribution in [3.63, 3.8) is 0 Å². The van der Waals surface area contributed by atoms with Crippen LogP contribution in [0.3, 0.4) is 0 Å². The molecule has 2 aromatic rings. The number of aryl methyl sites for hydroxylation is 3. The van der Waals surface area contributed by atoms with Gasteiger partial charge in [-0.15, -0.1) is 0 Å². The minimum absolute atomic E-state index is 0.0188. The van der Waals surface area contributed by atoms with Crippen LogP contribution >= 0.6 is 0 Å². The van der Waals surface area contributed by atoms with Crippen molar-refractivity contribution in [1.82, 2.24) is 4.72 Å². The monoisotopic (exact) mass is 347 g/mol. The van der Waals surface area contributed by atoms with Gasteiger partial charge in [0.05, 0.1) is 10.5 Å². The van der Waals surface area contributed by atoms with Gasteiger partial charge in [-0.05, 0) is 62.4 Å². The molecule has 2 rings (SSSR count). The molecule has 0 aliphatic rings. The maximum atomic E-state index is 12.4. The molecule has 2 N–H and O–H groups in total. The molecule has 0 saturated heterocycles. The molecule has 2 aromatic carbocycles. The summed E-state index contributed by atoms with van der Waals surface area (Å²) in [5.41, 5.74) is 1.98. The van der Waals surface area contributed by atoms with Crippen molar-refractivity contribution in [2.45, 2.75) is 44.1 Å². The molecule has 0 aliphatic carbocycles. The minimum Gasteiger partial charge on any atom is -0.389 e. The second-order valence-corrected chi connectivity index (χ2v) is 8.32. The summed E-state index contributed by atoms with van der Waals surface area (Å²) in [7, 11) is -3.63. The van der Waals surface area contributed by atoms with Crippen LogP contribution in [0.5, 0.6) is 0 Å². The molecule has 4 nitrogen and oxygen atoms in total. The Balaban J connectivity index is 1.98. The van der Waals surface area contributed by atoms with Gasteiger partial charge < -0.3 is 5.11 Å². The van der Waals surface area contributed by atoms with Crippen LogP contribution in [0.15, 0.2) is 53.4 Å². The standard InChI is InChI=1S/C19H25NO3S/c1-15-9-10-18(13-16(15)2)24(22,23)20-14-19(3,21)12-11-17-7-5-4-6-8-17/h4-10,13,20-21H,11-12,14H2,1-3H3. The third kappa shape index (κ3) is 5.16. The minimum atomic E-state index is -3.63. The Bertz CT molecular complexity index is 784. The molecule has 0 aromatic heterocycles. The lowest BCUT2D eigenvalue weighted by atomic mass is 9.97. The number of benzene rings is 2. The number of hydrogen-bond acceptors (Lipinski definition) is 3. The van der Waals surface area contributed by atoms with Crippen LogP contribution < -0.4 is 4.72 Å². The second kappa shape index (κ2) is 7.47. The Morgan fingerprint density at radius 1 is 1.04 bits per heavy atom. The predicted octanol–water partition coefficient (Wildman–Crippen LogP) is 2.97. The van der Waals surface area contributed by atoms with Crippen molar-refractivity contribution in [1.29, 1.82) is 0 Å². The summed E-state index contributed by atoms with van der Waals surface area (Å²) in [6.45, 7) is 5.45. The van der Waals surface area contributed by atoms with E-state index in [4.69, 9.17) is 0 Å². The average molecular weight is 347 g/mol. The Hall–Kier alpha value is -1.69. The van der Waals surface area contributed by atoms with Gasteiger partial charge in [0.1, 0.15) is 0 Å².